The lowest BCUT2D eigenvalue weighted by molar-refractivity contribution is -0.108. The number of benzene rings is 2. The third-order valence-electron chi connectivity index (χ3n) is 3.28. The molecule has 8 heteroatoms. The lowest BCUT2D eigenvalue weighted by atomic mass is 10.1. The second kappa shape index (κ2) is 9.43. The highest BCUT2D eigenvalue weighted by atomic mass is 32.2. The van der Waals surface area contributed by atoms with Crippen LogP contribution in [-0.2, 0) is 14.8 Å². The summed E-state index contributed by atoms with van der Waals surface area (Å²) in [6, 6.07) is 13.3. The first-order chi connectivity index (χ1) is 11.8. The molecule has 0 saturated carbocycles. The van der Waals surface area contributed by atoms with Gasteiger partial charge in [-0.25, -0.2) is 13.2 Å². The number of sulfonamides is 1. The van der Waals surface area contributed by atoms with E-state index in [0.29, 0.717) is 5.69 Å². The molecule has 0 aliphatic heterocycles. The Hall–Kier alpha value is -2.87. The summed E-state index contributed by atoms with van der Waals surface area (Å²) in [7, 11) is -2.35. The van der Waals surface area contributed by atoms with Gasteiger partial charge in [0.05, 0.1) is 4.90 Å². The smallest absolute Gasteiger partial charge is 0.318 e. The molecule has 2 aromatic carbocycles. The summed E-state index contributed by atoms with van der Waals surface area (Å²) in [4.78, 5) is 21.0. The Morgan fingerprint density at radius 1 is 0.960 bits per heavy atom. The van der Waals surface area contributed by atoms with Crippen molar-refractivity contribution in [3.63, 3.8) is 0 Å². The number of amides is 3. The van der Waals surface area contributed by atoms with E-state index in [-0.39, 0.29) is 11.3 Å². The van der Waals surface area contributed by atoms with Crippen LogP contribution in [0.25, 0.3) is 0 Å². The van der Waals surface area contributed by atoms with Gasteiger partial charge in [-0.15, -0.1) is 0 Å². The van der Waals surface area contributed by atoms with Crippen molar-refractivity contribution in [2.75, 3.05) is 12.4 Å². The first-order valence-corrected chi connectivity index (χ1v) is 8.85. The number of aryl methyl sites for hydroxylation is 2. The Morgan fingerprint density at radius 2 is 1.48 bits per heavy atom. The zero-order valence-electron chi connectivity index (χ0n) is 14.2. The van der Waals surface area contributed by atoms with Crippen LogP contribution in [0.15, 0.2) is 53.4 Å². The minimum Gasteiger partial charge on any atom is -0.341 e. The maximum absolute atomic E-state index is 11.4. The maximum atomic E-state index is 11.4. The van der Waals surface area contributed by atoms with Crippen molar-refractivity contribution in [2.24, 2.45) is 0 Å². The van der Waals surface area contributed by atoms with Crippen LogP contribution in [0.2, 0.25) is 0 Å². The SMILES string of the molecule is CNC(=O)Nc1ccc(S(=O)(=O)NC=O)cc1.Cc1ccccc1C. The third-order valence-corrected chi connectivity index (χ3v) is 4.58. The van der Waals surface area contributed by atoms with Crippen LogP contribution in [0.5, 0.6) is 0 Å². The molecule has 0 heterocycles. The standard InChI is InChI=1S/C9H11N3O4S.C8H10/c1-10-9(14)12-7-2-4-8(5-3-7)17(15,16)11-6-13;1-7-5-3-4-6-8(7)2/h2-6H,1H3,(H,11,13)(H2,10,12,14);3-6H,1-2H3. The van der Waals surface area contributed by atoms with Crippen LogP contribution in [0.1, 0.15) is 11.1 Å². The normalized spacial score (nSPS) is 10.0. The fourth-order valence-electron chi connectivity index (χ4n) is 1.71. The van der Waals surface area contributed by atoms with Crippen molar-refractivity contribution < 1.29 is 18.0 Å². The quantitative estimate of drug-likeness (QED) is 0.724. The summed E-state index contributed by atoms with van der Waals surface area (Å²) >= 11 is 0. The molecule has 2 aromatic rings. The van der Waals surface area contributed by atoms with E-state index in [0.717, 1.165) is 0 Å². The van der Waals surface area contributed by atoms with Crippen LogP contribution in [-0.4, -0.2) is 27.9 Å². The number of anilines is 1. The van der Waals surface area contributed by atoms with Gasteiger partial charge in [0, 0.05) is 12.7 Å². The molecule has 25 heavy (non-hydrogen) atoms. The minimum absolute atomic E-state index is 0.0629. The van der Waals surface area contributed by atoms with E-state index in [9.17, 15) is 18.0 Å². The van der Waals surface area contributed by atoms with E-state index in [1.807, 2.05) is 0 Å². The molecule has 3 N–H and O–H groups in total. The van der Waals surface area contributed by atoms with Gasteiger partial charge in [0.25, 0.3) is 10.0 Å². The average Bonchev–Trinajstić information content (AvgIpc) is 2.58. The first-order valence-electron chi connectivity index (χ1n) is 7.37. The summed E-state index contributed by atoms with van der Waals surface area (Å²) in [6.45, 7) is 4.24. The van der Waals surface area contributed by atoms with Gasteiger partial charge >= 0.3 is 6.03 Å². The zero-order valence-corrected chi connectivity index (χ0v) is 15.1. The zero-order chi connectivity index (χ0) is 18.9. The Morgan fingerprint density at radius 3 is 1.88 bits per heavy atom. The largest absolute Gasteiger partial charge is 0.341 e. The van der Waals surface area contributed by atoms with Gasteiger partial charge in [-0.3, -0.25) is 9.52 Å². The summed E-state index contributed by atoms with van der Waals surface area (Å²) in [6.07, 6.45) is 0.0893. The number of rotatable bonds is 4. The van der Waals surface area contributed by atoms with Crippen molar-refractivity contribution in [1.82, 2.24) is 10.0 Å². The molecular formula is C17H21N3O4S. The van der Waals surface area contributed by atoms with Gasteiger partial charge in [0.15, 0.2) is 0 Å². The maximum Gasteiger partial charge on any atom is 0.318 e. The first kappa shape index (κ1) is 20.2. The molecule has 0 saturated heterocycles. The van der Waals surface area contributed by atoms with Gasteiger partial charge in [0.1, 0.15) is 0 Å². The monoisotopic (exact) mass is 363 g/mol. The van der Waals surface area contributed by atoms with Crippen LogP contribution in [0.3, 0.4) is 0 Å². The van der Waals surface area contributed by atoms with E-state index in [1.165, 1.54) is 42.4 Å². The van der Waals surface area contributed by atoms with Crippen molar-refractivity contribution in [3.8, 4) is 0 Å². The Kier molecular flexibility index (Phi) is 7.61. The Labute approximate surface area is 147 Å². The van der Waals surface area contributed by atoms with Gasteiger partial charge in [-0.1, -0.05) is 24.3 Å². The van der Waals surface area contributed by atoms with Crippen LogP contribution < -0.4 is 15.4 Å². The van der Waals surface area contributed by atoms with E-state index in [4.69, 9.17) is 0 Å². The topological polar surface area (TPSA) is 104 Å². The summed E-state index contributed by atoms with van der Waals surface area (Å²) in [5, 5.41) is 4.82. The molecule has 0 aliphatic rings. The van der Waals surface area contributed by atoms with Gasteiger partial charge in [-0.05, 0) is 49.2 Å². The highest BCUT2D eigenvalue weighted by Crippen LogP contribution is 2.13. The number of carbonyl (C=O) groups is 2. The Balaban J connectivity index is 0.000000324. The van der Waals surface area contributed by atoms with Gasteiger partial charge < -0.3 is 10.6 Å². The van der Waals surface area contributed by atoms with Crippen LogP contribution >= 0.6 is 0 Å². The molecule has 0 aromatic heterocycles. The van der Waals surface area contributed by atoms with E-state index >= 15 is 0 Å². The van der Waals surface area contributed by atoms with E-state index in [1.54, 1.807) is 4.72 Å². The molecule has 2 rings (SSSR count). The number of urea groups is 1. The summed E-state index contributed by atoms with van der Waals surface area (Å²) in [5.41, 5.74) is 3.18. The highest BCUT2D eigenvalue weighted by Gasteiger charge is 2.12. The molecule has 0 aliphatic carbocycles. The molecule has 0 bridgehead atoms. The molecule has 0 atom stereocenters. The second-order valence-electron chi connectivity index (χ2n) is 5.05. The highest BCUT2D eigenvalue weighted by molar-refractivity contribution is 7.90. The van der Waals surface area contributed by atoms with E-state index in [2.05, 4.69) is 48.7 Å². The van der Waals surface area contributed by atoms with Crippen molar-refractivity contribution in [1.29, 1.82) is 0 Å². The van der Waals surface area contributed by atoms with Gasteiger partial charge in [-0.2, -0.15) is 0 Å². The predicted octanol–water partition coefficient (Wildman–Crippen LogP) is 2.18. The van der Waals surface area contributed by atoms with Crippen molar-refractivity contribution in [2.45, 2.75) is 18.7 Å². The predicted molar refractivity (Wildman–Crippen MR) is 96.8 cm³/mol. The number of nitrogens with one attached hydrogen (secondary N) is 3. The fraction of sp³-hybridized carbons (Fsp3) is 0.176. The minimum atomic E-state index is -3.81. The molecule has 0 radical (unpaired) electrons. The lowest BCUT2D eigenvalue weighted by Crippen LogP contribution is -2.24. The molecule has 0 spiro atoms. The number of hydrogen-bond acceptors (Lipinski definition) is 4. The van der Waals surface area contributed by atoms with Crippen LogP contribution in [0, 0.1) is 13.8 Å². The number of carbonyl (C=O) groups excluding carboxylic acids is 2. The molecule has 0 unspecified atom stereocenters. The van der Waals surface area contributed by atoms with Crippen molar-refractivity contribution in [3.05, 3.63) is 59.7 Å². The molecule has 0 fully saturated rings. The fourth-order valence-corrected chi connectivity index (χ4v) is 2.46. The molecule has 7 nitrogen and oxygen atoms in total. The van der Waals surface area contributed by atoms with Gasteiger partial charge in [0.2, 0.25) is 6.41 Å². The lowest BCUT2D eigenvalue weighted by Gasteiger charge is -2.05. The average molecular weight is 363 g/mol. The second-order valence-corrected chi connectivity index (χ2v) is 6.77. The molecule has 134 valence electrons. The van der Waals surface area contributed by atoms with Crippen molar-refractivity contribution >= 4 is 28.2 Å². The molecular weight excluding hydrogens is 342 g/mol. The summed E-state index contributed by atoms with van der Waals surface area (Å²) in [5.74, 6) is 0. The van der Waals surface area contributed by atoms with E-state index < -0.39 is 16.1 Å². The van der Waals surface area contributed by atoms with Crippen LogP contribution in [0.4, 0.5) is 10.5 Å². The third kappa shape index (κ3) is 6.64. The summed E-state index contributed by atoms with van der Waals surface area (Å²) < 4.78 is 24.5. The molecule has 3 amide bonds. The Bertz CT molecular complexity index is 797. The number of hydrogen-bond donors (Lipinski definition) is 3.